The van der Waals surface area contributed by atoms with Crippen molar-refractivity contribution < 1.29 is 13.5 Å². The summed E-state index contributed by atoms with van der Waals surface area (Å²) < 4.78 is 29.3. The molecule has 2 fully saturated rings. The summed E-state index contributed by atoms with van der Waals surface area (Å²) in [5, 5.41) is 11.8. The molecule has 1 N–H and O–H groups in total. The van der Waals surface area contributed by atoms with E-state index in [2.05, 4.69) is 33.0 Å². The first kappa shape index (κ1) is 19.5. The maximum absolute atomic E-state index is 13.1. The Bertz CT molecular complexity index is 871. The first-order valence-electron chi connectivity index (χ1n) is 9.18. The second-order valence-electron chi connectivity index (χ2n) is 7.13. The van der Waals surface area contributed by atoms with Crippen LogP contribution in [0, 0.1) is 0 Å². The second kappa shape index (κ2) is 7.93. The van der Waals surface area contributed by atoms with Crippen LogP contribution in [0.4, 0.5) is 0 Å². The van der Waals surface area contributed by atoms with Gasteiger partial charge in [-0.3, -0.25) is 4.90 Å². The van der Waals surface area contributed by atoms with E-state index in [1.807, 2.05) is 12.1 Å². The highest BCUT2D eigenvalue weighted by atomic mass is 79.9. The van der Waals surface area contributed by atoms with Crippen molar-refractivity contribution in [2.24, 2.45) is 0 Å². The quantitative estimate of drug-likeness (QED) is 0.745. The molecule has 0 saturated carbocycles. The van der Waals surface area contributed by atoms with Crippen LogP contribution < -0.4 is 0 Å². The minimum atomic E-state index is -3.46. The Hall–Kier alpha value is -0.770. The van der Waals surface area contributed by atoms with Crippen LogP contribution in [0.15, 0.2) is 50.5 Å². The number of benzene rings is 1. The number of fused-ring (bicyclic) bond motifs is 1. The first-order valence-corrected chi connectivity index (χ1v) is 12.3. The maximum Gasteiger partial charge on any atom is 0.252 e. The Morgan fingerprint density at radius 3 is 2.56 bits per heavy atom. The van der Waals surface area contributed by atoms with Crippen molar-refractivity contribution in [2.45, 2.75) is 35.1 Å². The molecule has 4 rings (SSSR count). The zero-order chi connectivity index (χ0) is 19.0. The van der Waals surface area contributed by atoms with Gasteiger partial charge < -0.3 is 5.11 Å². The van der Waals surface area contributed by atoms with Crippen LogP contribution >= 0.6 is 27.3 Å². The second-order valence-corrected chi connectivity index (χ2v) is 11.2. The van der Waals surface area contributed by atoms with Crippen LogP contribution in [0.2, 0.25) is 0 Å². The molecule has 5 nitrogen and oxygen atoms in total. The summed E-state index contributed by atoms with van der Waals surface area (Å²) in [6.07, 6.45) is 1.78. The van der Waals surface area contributed by atoms with Crippen molar-refractivity contribution in [1.82, 2.24) is 9.21 Å². The van der Waals surface area contributed by atoms with E-state index in [9.17, 15) is 13.5 Å². The molecule has 1 aromatic carbocycles. The monoisotopic (exact) mass is 470 g/mol. The SMILES string of the molecule is O=S(=O)(c1cccs1)N1CCCCN2[C@H](CO)[C@@H](c3ccc(Br)cc3)[C@@H]2C1. The molecule has 2 aromatic rings. The molecule has 3 atom stereocenters. The molecule has 0 unspecified atom stereocenters. The molecule has 27 heavy (non-hydrogen) atoms. The summed E-state index contributed by atoms with van der Waals surface area (Å²) in [6.45, 7) is 2.03. The van der Waals surface area contributed by atoms with Gasteiger partial charge in [-0.2, -0.15) is 4.31 Å². The van der Waals surface area contributed by atoms with E-state index in [0.717, 1.165) is 29.4 Å². The van der Waals surface area contributed by atoms with Gasteiger partial charge in [0.2, 0.25) is 0 Å². The van der Waals surface area contributed by atoms with Gasteiger partial charge in [-0.25, -0.2) is 8.42 Å². The highest BCUT2D eigenvalue weighted by molar-refractivity contribution is 9.10. The zero-order valence-corrected chi connectivity index (χ0v) is 18.1. The first-order chi connectivity index (χ1) is 13.0. The fourth-order valence-corrected chi connectivity index (χ4v) is 7.26. The lowest BCUT2D eigenvalue weighted by molar-refractivity contribution is -0.0553. The Morgan fingerprint density at radius 1 is 1.15 bits per heavy atom. The lowest BCUT2D eigenvalue weighted by Crippen LogP contribution is -2.67. The standard InChI is InChI=1S/C19H23BrN2O3S2/c20-15-7-5-14(6-8-15)19-16-12-21(27(24,25)18-4-3-11-26-18)9-1-2-10-22(16)17(19)13-23/h3-8,11,16-17,19,23H,1-2,9-10,12-13H2/t16-,17+,19-/m0/s1. The molecule has 2 aliphatic rings. The normalized spacial score (nSPS) is 27.4. The lowest BCUT2D eigenvalue weighted by atomic mass is 9.74. The average molecular weight is 471 g/mol. The van der Waals surface area contributed by atoms with Gasteiger partial charge in [0.05, 0.1) is 6.61 Å². The van der Waals surface area contributed by atoms with Gasteiger partial charge in [-0.15, -0.1) is 11.3 Å². The van der Waals surface area contributed by atoms with Crippen LogP contribution in [-0.2, 0) is 10.0 Å². The van der Waals surface area contributed by atoms with Crippen LogP contribution in [0.3, 0.4) is 0 Å². The third kappa shape index (κ3) is 3.63. The number of thiophene rings is 1. The Kier molecular flexibility index (Phi) is 5.74. The van der Waals surface area contributed by atoms with E-state index >= 15 is 0 Å². The third-order valence-electron chi connectivity index (χ3n) is 5.68. The molecule has 8 heteroatoms. The number of aliphatic hydroxyl groups excluding tert-OH is 1. The van der Waals surface area contributed by atoms with E-state index in [0.29, 0.717) is 17.3 Å². The van der Waals surface area contributed by atoms with Gasteiger partial charge in [0.15, 0.2) is 0 Å². The van der Waals surface area contributed by atoms with Crippen molar-refractivity contribution in [1.29, 1.82) is 0 Å². The molecule has 0 amide bonds. The number of hydrogen-bond donors (Lipinski definition) is 1. The van der Waals surface area contributed by atoms with Gasteiger partial charge in [-0.05, 0) is 48.5 Å². The van der Waals surface area contributed by atoms with E-state index in [1.54, 1.807) is 21.8 Å². The van der Waals surface area contributed by atoms with E-state index in [-0.39, 0.29) is 24.6 Å². The van der Waals surface area contributed by atoms with Crippen molar-refractivity contribution in [3.8, 4) is 0 Å². The predicted molar refractivity (Wildman–Crippen MR) is 111 cm³/mol. The topological polar surface area (TPSA) is 60.9 Å². The van der Waals surface area contributed by atoms with Crippen LogP contribution in [-0.4, -0.2) is 61.1 Å². The summed E-state index contributed by atoms with van der Waals surface area (Å²) in [4.78, 5) is 2.29. The minimum absolute atomic E-state index is 0.0561. The zero-order valence-electron chi connectivity index (χ0n) is 14.9. The Balaban J connectivity index is 1.63. The lowest BCUT2D eigenvalue weighted by Gasteiger charge is -2.57. The maximum atomic E-state index is 13.1. The fraction of sp³-hybridized carbons (Fsp3) is 0.474. The number of nitrogens with zero attached hydrogens (tertiary/aromatic N) is 2. The van der Waals surface area contributed by atoms with Gasteiger partial charge in [-0.1, -0.05) is 34.1 Å². The molecule has 146 valence electrons. The summed E-state index contributed by atoms with van der Waals surface area (Å²) in [5.41, 5.74) is 1.16. The molecule has 0 radical (unpaired) electrons. The average Bonchev–Trinajstić information content (AvgIpc) is 3.17. The smallest absolute Gasteiger partial charge is 0.252 e. The molecule has 1 aromatic heterocycles. The van der Waals surface area contributed by atoms with Crippen molar-refractivity contribution in [2.75, 3.05) is 26.2 Å². The fourth-order valence-electron chi connectivity index (χ4n) is 4.35. The van der Waals surface area contributed by atoms with Crippen molar-refractivity contribution in [3.05, 3.63) is 51.8 Å². The molecule has 2 saturated heterocycles. The summed E-state index contributed by atoms with van der Waals surface area (Å²) >= 11 is 4.74. The van der Waals surface area contributed by atoms with Gasteiger partial charge in [0, 0.05) is 35.6 Å². The van der Waals surface area contributed by atoms with Gasteiger partial charge in [0.1, 0.15) is 4.21 Å². The minimum Gasteiger partial charge on any atom is -0.395 e. The number of hydrogen-bond acceptors (Lipinski definition) is 5. The van der Waals surface area contributed by atoms with Crippen molar-refractivity contribution >= 4 is 37.3 Å². The number of rotatable bonds is 4. The van der Waals surface area contributed by atoms with E-state index < -0.39 is 10.0 Å². The molecule has 2 aliphatic heterocycles. The third-order valence-corrected chi connectivity index (χ3v) is 9.44. The highest BCUT2D eigenvalue weighted by Gasteiger charge is 2.50. The predicted octanol–water partition coefficient (Wildman–Crippen LogP) is 3.12. The number of aliphatic hydroxyl groups is 1. The van der Waals surface area contributed by atoms with Gasteiger partial charge >= 0.3 is 0 Å². The molecular formula is C19H23BrN2O3S2. The van der Waals surface area contributed by atoms with Gasteiger partial charge in [0.25, 0.3) is 10.0 Å². The number of sulfonamides is 1. The summed E-state index contributed by atoms with van der Waals surface area (Å²) in [5.74, 6) is 0.141. The molecular weight excluding hydrogens is 448 g/mol. The summed E-state index contributed by atoms with van der Waals surface area (Å²) in [6, 6.07) is 11.8. The molecule has 0 aliphatic carbocycles. The Morgan fingerprint density at radius 2 is 1.89 bits per heavy atom. The molecule has 3 heterocycles. The van der Waals surface area contributed by atoms with Crippen molar-refractivity contribution in [3.63, 3.8) is 0 Å². The summed E-state index contributed by atoms with van der Waals surface area (Å²) in [7, 11) is -3.46. The van der Waals surface area contributed by atoms with E-state index in [1.165, 1.54) is 11.3 Å². The molecule has 0 spiro atoms. The largest absolute Gasteiger partial charge is 0.395 e. The molecule has 0 bridgehead atoms. The van der Waals surface area contributed by atoms with E-state index in [4.69, 9.17) is 0 Å². The highest BCUT2D eigenvalue weighted by Crippen LogP contribution is 2.42. The van der Waals surface area contributed by atoms with Crippen LogP contribution in [0.1, 0.15) is 24.3 Å². The van der Waals surface area contributed by atoms with Crippen LogP contribution in [0.25, 0.3) is 0 Å². The number of halogens is 1. The Labute approximate surface area is 172 Å². The van der Waals surface area contributed by atoms with Crippen LogP contribution in [0.5, 0.6) is 0 Å².